The summed E-state index contributed by atoms with van der Waals surface area (Å²) < 4.78 is 6.00. The zero-order valence-corrected chi connectivity index (χ0v) is 10.6. The standard InChI is InChI=1S/C18H14O/c1-2-7-13(8-3-1)14-10-6-12-17-18(14)15-9-4-5-11-16(15)19-17/h1-4,6-10,12H,5,11H2. The van der Waals surface area contributed by atoms with Gasteiger partial charge in [0.1, 0.15) is 11.3 Å². The van der Waals surface area contributed by atoms with Crippen molar-refractivity contribution < 1.29 is 4.42 Å². The highest BCUT2D eigenvalue weighted by molar-refractivity contribution is 6.00. The molecule has 0 aliphatic heterocycles. The zero-order valence-electron chi connectivity index (χ0n) is 10.6. The van der Waals surface area contributed by atoms with Gasteiger partial charge in [0.2, 0.25) is 0 Å². The third kappa shape index (κ3) is 1.62. The van der Waals surface area contributed by atoms with Gasteiger partial charge in [-0.05, 0) is 23.6 Å². The van der Waals surface area contributed by atoms with Gasteiger partial charge < -0.3 is 4.42 Å². The van der Waals surface area contributed by atoms with Crippen molar-refractivity contribution in [2.24, 2.45) is 0 Å². The summed E-state index contributed by atoms with van der Waals surface area (Å²) in [4.78, 5) is 0. The Kier molecular flexibility index (Phi) is 2.31. The quantitative estimate of drug-likeness (QED) is 0.585. The van der Waals surface area contributed by atoms with E-state index in [1.165, 1.54) is 22.1 Å². The van der Waals surface area contributed by atoms with Crippen LogP contribution >= 0.6 is 0 Å². The van der Waals surface area contributed by atoms with Crippen LogP contribution < -0.4 is 0 Å². The van der Waals surface area contributed by atoms with Crippen LogP contribution in [0, 0.1) is 0 Å². The molecule has 3 aromatic rings. The average molecular weight is 246 g/mol. The van der Waals surface area contributed by atoms with E-state index < -0.39 is 0 Å². The lowest BCUT2D eigenvalue weighted by Gasteiger charge is -2.06. The topological polar surface area (TPSA) is 13.1 Å². The number of fused-ring (bicyclic) bond motifs is 3. The first-order chi connectivity index (χ1) is 9.43. The molecule has 0 unspecified atom stereocenters. The van der Waals surface area contributed by atoms with Crippen molar-refractivity contribution in [1.29, 1.82) is 0 Å². The van der Waals surface area contributed by atoms with E-state index in [-0.39, 0.29) is 0 Å². The fraction of sp³-hybridized carbons (Fsp3) is 0.111. The molecule has 0 saturated heterocycles. The van der Waals surface area contributed by atoms with Crippen LogP contribution in [0.5, 0.6) is 0 Å². The van der Waals surface area contributed by atoms with Crippen LogP contribution in [0.15, 0.2) is 59.0 Å². The maximum Gasteiger partial charge on any atom is 0.135 e. The molecule has 1 heteroatoms. The van der Waals surface area contributed by atoms with E-state index in [0.717, 1.165) is 24.2 Å². The Balaban J connectivity index is 2.07. The maximum atomic E-state index is 6.00. The number of benzene rings is 2. The Hall–Kier alpha value is -2.28. The molecule has 1 aliphatic rings. The van der Waals surface area contributed by atoms with E-state index in [9.17, 15) is 0 Å². The van der Waals surface area contributed by atoms with Gasteiger partial charge in [-0.1, -0.05) is 54.6 Å². The molecule has 4 rings (SSSR count). The molecule has 0 bridgehead atoms. The normalized spacial score (nSPS) is 13.7. The Morgan fingerprint density at radius 1 is 0.895 bits per heavy atom. The van der Waals surface area contributed by atoms with Crippen LogP contribution in [0.2, 0.25) is 0 Å². The first-order valence-electron chi connectivity index (χ1n) is 6.70. The minimum Gasteiger partial charge on any atom is -0.460 e. The number of allylic oxidation sites excluding steroid dienone is 1. The maximum absolute atomic E-state index is 6.00. The molecule has 19 heavy (non-hydrogen) atoms. The van der Waals surface area contributed by atoms with Crippen molar-refractivity contribution in [3.8, 4) is 11.1 Å². The Morgan fingerprint density at radius 3 is 2.68 bits per heavy atom. The molecule has 1 nitrogen and oxygen atoms in total. The minimum atomic E-state index is 0.998. The van der Waals surface area contributed by atoms with Gasteiger partial charge in [0.05, 0.1) is 0 Å². The minimum absolute atomic E-state index is 0.998. The fourth-order valence-corrected chi connectivity index (χ4v) is 2.86. The number of furan rings is 1. The van der Waals surface area contributed by atoms with Crippen LogP contribution in [0.4, 0.5) is 0 Å². The van der Waals surface area contributed by atoms with Gasteiger partial charge in [-0.3, -0.25) is 0 Å². The molecule has 0 atom stereocenters. The van der Waals surface area contributed by atoms with Crippen molar-refractivity contribution in [3.05, 3.63) is 65.9 Å². The lowest BCUT2D eigenvalue weighted by molar-refractivity contribution is 0.546. The van der Waals surface area contributed by atoms with Crippen molar-refractivity contribution in [1.82, 2.24) is 0 Å². The SMILES string of the molecule is C1=Cc2c(oc3cccc(-c4ccccc4)c23)CC1. The van der Waals surface area contributed by atoms with Gasteiger partial charge >= 0.3 is 0 Å². The second-order valence-corrected chi connectivity index (χ2v) is 4.92. The Bertz CT molecular complexity index is 763. The first-order valence-corrected chi connectivity index (χ1v) is 6.70. The van der Waals surface area contributed by atoms with Gasteiger partial charge in [0.15, 0.2) is 0 Å². The average Bonchev–Trinajstić information content (AvgIpc) is 2.86. The highest BCUT2D eigenvalue weighted by Gasteiger charge is 2.17. The van der Waals surface area contributed by atoms with Gasteiger partial charge in [-0.15, -0.1) is 0 Å². The summed E-state index contributed by atoms with van der Waals surface area (Å²) in [5, 5.41) is 1.25. The predicted octanol–water partition coefficient (Wildman–Crippen LogP) is 5.06. The molecular formula is C18H14O. The second kappa shape index (κ2) is 4.13. The van der Waals surface area contributed by atoms with Crippen molar-refractivity contribution in [2.75, 3.05) is 0 Å². The van der Waals surface area contributed by atoms with Gasteiger partial charge in [0, 0.05) is 17.4 Å². The third-order valence-corrected chi connectivity index (χ3v) is 3.74. The summed E-state index contributed by atoms with van der Waals surface area (Å²) in [6, 6.07) is 16.8. The summed E-state index contributed by atoms with van der Waals surface area (Å²) in [7, 11) is 0. The van der Waals surface area contributed by atoms with E-state index in [1.54, 1.807) is 0 Å². The summed E-state index contributed by atoms with van der Waals surface area (Å²) in [5.74, 6) is 1.13. The van der Waals surface area contributed by atoms with Crippen LogP contribution in [0.1, 0.15) is 17.7 Å². The Labute approximate surface area is 112 Å². The molecule has 0 amide bonds. The van der Waals surface area contributed by atoms with E-state index in [4.69, 9.17) is 4.42 Å². The largest absolute Gasteiger partial charge is 0.460 e. The third-order valence-electron chi connectivity index (χ3n) is 3.74. The highest BCUT2D eigenvalue weighted by Crippen LogP contribution is 2.37. The van der Waals surface area contributed by atoms with Crippen molar-refractivity contribution in [2.45, 2.75) is 12.8 Å². The highest BCUT2D eigenvalue weighted by atomic mass is 16.3. The molecule has 1 heterocycles. The fourth-order valence-electron chi connectivity index (χ4n) is 2.86. The molecule has 2 aromatic carbocycles. The molecule has 0 N–H and O–H groups in total. The monoisotopic (exact) mass is 246 g/mol. The molecular weight excluding hydrogens is 232 g/mol. The zero-order chi connectivity index (χ0) is 12.7. The summed E-state index contributed by atoms with van der Waals surface area (Å²) in [5.41, 5.74) is 4.77. The van der Waals surface area contributed by atoms with Gasteiger partial charge in [-0.25, -0.2) is 0 Å². The molecule has 1 aromatic heterocycles. The van der Waals surface area contributed by atoms with Crippen LogP contribution in [0.3, 0.4) is 0 Å². The second-order valence-electron chi connectivity index (χ2n) is 4.92. The number of rotatable bonds is 1. The van der Waals surface area contributed by atoms with Crippen LogP contribution in [-0.2, 0) is 6.42 Å². The Morgan fingerprint density at radius 2 is 1.79 bits per heavy atom. The van der Waals surface area contributed by atoms with Gasteiger partial charge in [0.25, 0.3) is 0 Å². The molecule has 1 aliphatic carbocycles. The molecule has 0 saturated carbocycles. The van der Waals surface area contributed by atoms with E-state index in [1.807, 2.05) is 6.07 Å². The number of hydrogen-bond acceptors (Lipinski definition) is 1. The smallest absolute Gasteiger partial charge is 0.135 e. The molecule has 0 fully saturated rings. The van der Waals surface area contributed by atoms with Crippen molar-refractivity contribution >= 4 is 17.0 Å². The summed E-state index contributed by atoms with van der Waals surface area (Å²) in [6.45, 7) is 0. The van der Waals surface area contributed by atoms with Gasteiger partial charge in [-0.2, -0.15) is 0 Å². The van der Waals surface area contributed by atoms with E-state index in [2.05, 4.69) is 54.6 Å². The molecule has 0 radical (unpaired) electrons. The summed E-state index contributed by atoms with van der Waals surface area (Å²) >= 11 is 0. The molecule has 92 valence electrons. The van der Waals surface area contributed by atoms with E-state index in [0.29, 0.717) is 0 Å². The lowest BCUT2D eigenvalue weighted by atomic mass is 9.96. The number of aryl methyl sites for hydroxylation is 1. The molecule has 0 spiro atoms. The summed E-state index contributed by atoms with van der Waals surface area (Å²) in [6.07, 6.45) is 6.53. The van der Waals surface area contributed by atoms with Crippen LogP contribution in [-0.4, -0.2) is 0 Å². The van der Waals surface area contributed by atoms with Crippen LogP contribution in [0.25, 0.3) is 28.2 Å². The first kappa shape index (κ1) is 10.6. The van der Waals surface area contributed by atoms with Crippen molar-refractivity contribution in [3.63, 3.8) is 0 Å². The van der Waals surface area contributed by atoms with E-state index >= 15 is 0 Å². The lowest BCUT2D eigenvalue weighted by Crippen LogP contribution is -1.89. The predicted molar refractivity (Wildman–Crippen MR) is 79.0 cm³/mol. The number of hydrogen-bond donors (Lipinski definition) is 0.